The molecule has 0 radical (unpaired) electrons. The van der Waals surface area contributed by atoms with Crippen LogP contribution in [0.15, 0.2) is 12.3 Å². The molecule has 7 heteroatoms. The van der Waals surface area contributed by atoms with Crippen LogP contribution in [0.1, 0.15) is 5.69 Å². The van der Waals surface area contributed by atoms with Crippen LogP contribution in [0.2, 0.25) is 0 Å². The van der Waals surface area contributed by atoms with E-state index in [0.29, 0.717) is 6.54 Å². The molecule has 78 valence electrons. The molecule has 0 bridgehead atoms. The zero-order valence-electron chi connectivity index (χ0n) is 6.98. The first-order chi connectivity index (χ1) is 6.54. The van der Waals surface area contributed by atoms with E-state index in [1.54, 1.807) is 0 Å². The summed E-state index contributed by atoms with van der Waals surface area (Å²) in [7, 11) is 0. The highest BCUT2D eigenvalue weighted by atomic mass is 35.5. The molecule has 0 spiro atoms. The third kappa shape index (κ3) is 3.02. The lowest BCUT2D eigenvalue weighted by Gasteiger charge is -2.07. The van der Waals surface area contributed by atoms with E-state index < -0.39 is 11.9 Å². The average Bonchev–Trinajstić information content (AvgIpc) is 2.14. The second kappa shape index (κ2) is 4.45. The summed E-state index contributed by atoms with van der Waals surface area (Å²) in [6.45, 7) is 0.322. The van der Waals surface area contributed by atoms with Gasteiger partial charge in [-0.3, -0.25) is 0 Å². The fourth-order valence-electron chi connectivity index (χ4n) is 0.761. The fraction of sp³-hybridized carbons (Fsp3) is 0.429. The van der Waals surface area contributed by atoms with Crippen molar-refractivity contribution >= 4 is 17.5 Å². The number of aromatic nitrogens is 2. The van der Waals surface area contributed by atoms with Crippen LogP contribution in [0.25, 0.3) is 0 Å². The summed E-state index contributed by atoms with van der Waals surface area (Å²) >= 11 is 5.34. The fourth-order valence-corrected chi connectivity index (χ4v) is 0.855. The standard InChI is InChI=1S/C7H7ClF3N3/c8-2-4-13-6-12-3-1-5(14-6)7(9,10)11/h1,3H,2,4H2,(H,12,13,14). The lowest BCUT2D eigenvalue weighted by molar-refractivity contribution is -0.141. The molecule has 0 aliphatic carbocycles. The summed E-state index contributed by atoms with van der Waals surface area (Å²) in [6, 6.07) is 0.811. The summed E-state index contributed by atoms with van der Waals surface area (Å²) in [4.78, 5) is 6.89. The number of alkyl halides is 4. The molecule has 1 N–H and O–H groups in total. The number of nitrogens with one attached hydrogen (secondary N) is 1. The van der Waals surface area contributed by atoms with E-state index in [-0.39, 0.29) is 11.8 Å². The third-order valence-corrected chi connectivity index (χ3v) is 1.51. The second-order valence-electron chi connectivity index (χ2n) is 2.38. The highest BCUT2D eigenvalue weighted by Crippen LogP contribution is 2.27. The maximum atomic E-state index is 12.1. The highest BCUT2D eigenvalue weighted by molar-refractivity contribution is 6.18. The van der Waals surface area contributed by atoms with Crippen molar-refractivity contribution in [1.82, 2.24) is 9.97 Å². The third-order valence-electron chi connectivity index (χ3n) is 1.32. The van der Waals surface area contributed by atoms with Gasteiger partial charge < -0.3 is 5.32 Å². The summed E-state index contributed by atoms with van der Waals surface area (Å²) in [5.41, 5.74) is -0.968. The van der Waals surface area contributed by atoms with Crippen LogP contribution in [0.4, 0.5) is 19.1 Å². The lowest BCUT2D eigenvalue weighted by atomic mass is 10.4. The van der Waals surface area contributed by atoms with Crippen LogP contribution >= 0.6 is 11.6 Å². The van der Waals surface area contributed by atoms with E-state index in [0.717, 1.165) is 12.3 Å². The van der Waals surface area contributed by atoms with Crippen molar-refractivity contribution in [1.29, 1.82) is 0 Å². The van der Waals surface area contributed by atoms with E-state index in [4.69, 9.17) is 11.6 Å². The Morgan fingerprint density at radius 2 is 2.14 bits per heavy atom. The van der Waals surface area contributed by atoms with Gasteiger partial charge in [-0.05, 0) is 6.07 Å². The molecule has 3 nitrogen and oxygen atoms in total. The van der Waals surface area contributed by atoms with E-state index in [9.17, 15) is 13.2 Å². The van der Waals surface area contributed by atoms with Crippen molar-refractivity contribution in [2.75, 3.05) is 17.7 Å². The summed E-state index contributed by atoms with van der Waals surface area (Å²) in [6.07, 6.45) is -3.40. The van der Waals surface area contributed by atoms with Gasteiger partial charge in [0.25, 0.3) is 0 Å². The monoisotopic (exact) mass is 225 g/mol. The van der Waals surface area contributed by atoms with Crippen LogP contribution in [-0.2, 0) is 6.18 Å². The average molecular weight is 226 g/mol. The minimum Gasteiger partial charge on any atom is -0.353 e. The van der Waals surface area contributed by atoms with Gasteiger partial charge in [0.15, 0.2) is 0 Å². The molecule has 0 amide bonds. The van der Waals surface area contributed by atoms with E-state index >= 15 is 0 Å². The van der Waals surface area contributed by atoms with Gasteiger partial charge in [-0.15, -0.1) is 11.6 Å². The lowest BCUT2D eigenvalue weighted by Crippen LogP contribution is -2.12. The van der Waals surface area contributed by atoms with Gasteiger partial charge in [-0.2, -0.15) is 13.2 Å². The Bertz CT molecular complexity index is 302. The predicted molar refractivity (Wildman–Crippen MR) is 46.2 cm³/mol. The minimum atomic E-state index is -4.44. The van der Waals surface area contributed by atoms with Gasteiger partial charge in [0, 0.05) is 18.6 Å². The largest absolute Gasteiger partial charge is 0.433 e. The summed E-state index contributed by atoms with van der Waals surface area (Å²) < 4.78 is 36.4. The smallest absolute Gasteiger partial charge is 0.353 e. The molecular formula is C7H7ClF3N3. The zero-order chi connectivity index (χ0) is 10.6. The molecule has 0 atom stereocenters. The Morgan fingerprint density at radius 3 is 2.71 bits per heavy atom. The number of hydrogen-bond acceptors (Lipinski definition) is 3. The molecule has 1 heterocycles. The Labute approximate surface area is 83.3 Å². The van der Waals surface area contributed by atoms with Gasteiger partial charge in [-0.25, -0.2) is 9.97 Å². The van der Waals surface area contributed by atoms with E-state index in [1.165, 1.54) is 0 Å². The predicted octanol–water partition coefficient (Wildman–Crippen LogP) is 2.15. The van der Waals surface area contributed by atoms with Crippen molar-refractivity contribution in [2.24, 2.45) is 0 Å². The maximum absolute atomic E-state index is 12.1. The molecular weight excluding hydrogens is 219 g/mol. The number of nitrogens with zero attached hydrogens (tertiary/aromatic N) is 2. The molecule has 0 unspecified atom stereocenters. The van der Waals surface area contributed by atoms with Crippen LogP contribution in [0.3, 0.4) is 0 Å². The van der Waals surface area contributed by atoms with Crippen molar-refractivity contribution < 1.29 is 13.2 Å². The first kappa shape index (κ1) is 11.0. The van der Waals surface area contributed by atoms with Gasteiger partial charge >= 0.3 is 6.18 Å². The van der Waals surface area contributed by atoms with Crippen molar-refractivity contribution in [2.45, 2.75) is 6.18 Å². The quantitative estimate of drug-likeness (QED) is 0.801. The van der Waals surface area contributed by atoms with Gasteiger partial charge in [0.2, 0.25) is 5.95 Å². The molecule has 0 saturated carbocycles. The van der Waals surface area contributed by atoms with Gasteiger partial charge in [0.1, 0.15) is 5.69 Å². The maximum Gasteiger partial charge on any atom is 0.433 e. The van der Waals surface area contributed by atoms with Crippen LogP contribution in [0, 0.1) is 0 Å². The SMILES string of the molecule is FC(F)(F)c1ccnc(NCCCl)n1. The van der Waals surface area contributed by atoms with Gasteiger partial charge in [-0.1, -0.05) is 0 Å². The van der Waals surface area contributed by atoms with Crippen molar-refractivity contribution in [3.05, 3.63) is 18.0 Å². The van der Waals surface area contributed by atoms with Crippen molar-refractivity contribution in [3.63, 3.8) is 0 Å². The van der Waals surface area contributed by atoms with Crippen molar-refractivity contribution in [3.8, 4) is 0 Å². The zero-order valence-corrected chi connectivity index (χ0v) is 7.73. The molecule has 0 saturated heterocycles. The first-order valence-corrected chi connectivity index (χ1v) is 4.27. The molecule has 1 aromatic rings. The van der Waals surface area contributed by atoms with Gasteiger partial charge in [0.05, 0.1) is 0 Å². The van der Waals surface area contributed by atoms with E-state index in [1.807, 2.05) is 0 Å². The Kier molecular flexibility index (Phi) is 3.51. The molecule has 0 aliphatic rings. The molecule has 0 fully saturated rings. The Morgan fingerprint density at radius 1 is 1.43 bits per heavy atom. The number of halogens is 4. The normalized spacial score (nSPS) is 11.4. The van der Waals surface area contributed by atoms with E-state index in [2.05, 4.69) is 15.3 Å². The first-order valence-electron chi connectivity index (χ1n) is 3.74. The molecule has 1 rings (SSSR count). The van der Waals surface area contributed by atoms with Crippen LogP contribution in [-0.4, -0.2) is 22.4 Å². The minimum absolute atomic E-state index is 0.0690. The summed E-state index contributed by atoms with van der Waals surface area (Å²) in [5.74, 6) is 0.208. The number of anilines is 1. The van der Waals surface area contributed by atoms with Crippen LogP contribution < -0.4 is 5.32 Å². The Hall–Kier alpha value is -1.04. The molecule has 1 aromatic heterocycles. The summed E-state index contributed by atoms with van der Waals surface area (Å²) in [5, 5.41) is 2.55. The number of rotatable bonds is 3. The Balaban J connectivity index is 2.79. The second-order valence-corrected chi connectivity index (χ2v) is 2.76. The molecule has 0 aromatic carbocycles. The number of hydrogen-bond donors (Lipinski definition) is 1. The highest BCUT2D eigenvalue weighted by Gasteiger charge is 2.32. The topological polar surface area (TPSA) is 37.8 Å². The molecule has 14 heavy (non-hydrogen) atoms. The molecule has 0 aliphatic heterocycles. The van der Waals surface area contributed by atoms with Crippen LogP contribution in [0.5, 0.6) is 0 Å².